The average Bonchev–Trinajstić information content (AvgIpc) is 2.85. The zero-order valence-corrected chi connectivity index (χ0v) is 12.8. The molecule has 0 aliphatic rings. The fraction of sp³-hybridized carbons (Fsp3) is 0.250. The van der Waals surface area contributed by atoms with Crippen molar-refractivity contribution in [3.05, 3.63) is 53.2 Å². The molecule has 0 saturated heterocycles. The van der Waals surface area contributed by atoms with E-state index in [1.165, 1.54) is 24.3 Å². The maximum atomic E-state index is 12.7. The Morgan fingerprint density at radius 3 is 2.48 bits per heavy atom. The van der Waals surface area contributed by atoms with Gasteiger partial charge in [-0.15, -0.1) is 0 Å². The van der Waals surface area contributed by atoms with Crippen LogP contribution in [0.2, 0.25) is 0 Å². The average molecular weight is 320 g/mol. The molecule has 1 aromatic carbocycles. The van der Waals surface area contributed by atoms with Crippen LogP contribution in [0.5, 0.6) is 5.75 Å². The highest BCUT2D eigenvalue weighted by Crippen LogP contribution is 2.13. The van der Waals surface area contributed by atoms with Gasteiger partial charge in [0.2, 0.25) is 5.91 Å². The van der Waals surface area contributed by atoms with Crippen molar-refractivity contribution in [2.45, 2.75) is 20.3 Å². The van der Waals surface area contributed by atoms with Crippen LogP contribution < -0.4 is 15.6 Å². The van der Waals surface area contributed by atoms with E-state index in [9.17, 15) is 14.0 Å². The predicted molar refractivity (Wildman–Crippen MR) is 80.3 cm³/mol. The monoisotopic (exact) mass is 320 g/mol. The van der Waals surface area contributed by atoms with Crippen LogP contribution in [0, 0.1) is 19.7 Å². The second-order valence-corrected chi connectivity index (χ2v) is 4.88. The van der Waals surface area contributed by atoms with E-state index in [0.29, 0.717) is 22.8 Å². The second-order valence-electron chi connectivity index (χ2n) is 4.88. The maximum Gasteiger partial charge on any atom is 0.273 e. The summed E-state index contributed by atoms with van der Waals surface area (Å²) in [5.74, 6) is 0.348. The summed E-state index contributed by atoms with van der Waals surface area (Å²) in [6.07, 6.45) is 0.0427. The van der Waals surface area contributed by atoms with Crippen molar-refractivity contribution >= 4 is 11.8 Å². The van der Waals surface area contributed by atoms with Crippen molar-refractivity contribution in [1.29, 1.82) is 0 Å². The molecule has 0 aliphatic carbocycles. The fourth-order valence-electron chi connectivity index (χ4n) is 1.90. The van der Waals surface area contributed by atoms with Gasteiger partial charge < -0.3 is 9.15 Å². The standard InChI is InChI=1S/C16H17FN2O4/c1-10-9-14(11(2)23-10)16(21)19-18-15(20)7-8-22-13-5-3-12(17)4-6-13/h3-6,9H,7-8H2,1-2H3,(H,18,20)(H,19,21). The summed E-state index contributed by atoms with van der Waals surface area (Å²) < 4.78 is 23.3. The van der Waals surface area contributed by atoms with Gasteiger partial charge in [-0.1, -0.05) is 0 Å². The number of hydrogen-bond acceptors (Lipinski definition) is 4. The molecule has 0 fully saturated rings. The molecule has 0 unspecified atom stereocenters. The summed E-state index contributed by atoms with van der Waals surface area (Å²) >= 11 is 0. The lowest BCUT2D eigenvalue weighted by Gasteiger charge is -2.08. The summed E-state index contributed by atoms with van der Waals surface area (Å²) in [5.41, 5.74) is 4.96. The van der Waals surface area contributed by atoms with Crippen molar-refractivity contribution in [3.8, 4) is 5.75 Å². The van der Waals surface area contributed by atoms with Gasteiger partial charge in [0.25, 0.3) is 5.91 Å². The molecule has 0 atom stereocenters. The number of nitrogens with one attached hydrogen (secondary N) is 2. The highest BCUT2D eigenvalue weighted by Gasteiger charge is 2.14. The first kappa shape index (κ1) is 16.5. The fourth-order valence-corrected chi connectivity index (χ4v) is 1.90. The second kappa shape index (κ2) is 7.44. The number of furan rings is 1. The number of ether oxygens (including phenoxy) is 1. The summed E-state index contributed by atoms with van der Waals surface area (Å²) in [7, 11) is 0. The molecule has 2 amide bonds. The zero-order chi connectivity index (χ0) is 16.8. The first-order valence-electron chi connectivity index (χ1n) is 7.00. The van der Waals surface area contributed by atoms with E-state index in [0.717, 1.165) is 0 Å². The number of hydrogen-bond donors (Lipinski definition) is 2. The minimum absolute atomic E-state index is 0.0427. The third-order valence-electron chi connectivity index (χ3n) is 3.01. The molecule has 2 aromatic rings. The molecular weight excluding hydrogens is 303 g/mol. The lowest BCUT2D eigenvalue weighted by Crippen LogP contribution is -2.42. The van der Waals surface area contributed by atoms with Crippen LogP contribution in [0.1, 0.15) is 28.3 Å². The molecule has 122 valence electrons. The number of halogens is 1. The lowest BCUT2D eigenvalue weighted by atomic mass is 10.2. The Kier molecular flexibility index (Phi) is 5.35. The molecule has 7 heteroatoms. The number of amides is 2. The van der Waals surface area contributed by atoms with Gasteiger partial charge in [0.05, 0.1) is 18.6 Å². The van der Waals surface area contributed by atoms with Crippen molar-refractivity contribution < 1.29 is 23.1 Å². The quantitative estimate of drug-likeness (QED) is 0.828. The third kappa shape index (κ3) is 4.84. The van der Waals surface area contributed by atoms with Gasteiger partial charge in [0.15, 0.2) is 0 Å². The van der Waals surface area contributed by atoms with Crippen molar-refractivity contribution in [2.75, 3.05) is 6.61 Å². The van der Waals surface area contributed by atoms with Crippen LogP contribution >= 0.6 is 0 Å². The van der Waals surface area contributed by atoms with Gasteiger partial charge >= 0.3 is 0 Å². The summed E-state index contributed by atoms with van der Waals surface area (Å²) in [5, 5.41) is 0. The molecule has 2 N–H and O–H groups in total. The number of hydrazine groups is 1. The number of aryl methyl sites for hydroxylation is 2. The molecule has 23 heavy (non-hydrogen) atoms. The van der Waals surface area contributed by atoms with E-state index in [1.54, 1.807) is 19.9 Å². The minimum Gasteiger partial charge on any atom is -0.493 e. The van der Waals surface area contributed by atoms with Crippen LogP contribution in [-0.4, -0.2) is 18.4 Å². The molecular formula is C16H17FN2O4. The first-order valence-corrected chi connectivity index (χ1v) is 7.00. The Morgan fingerprint density at radius 1 is 1.17 bits per heavy atom. The van der Waals surface area contributed by atoms with Gasteiger partial charge in [-0.3, -0.25) is 20.4 Å². The summed E-state index contributed by atoms with van der Waals surface area (Å²) in [6.45, 7) is 3.51. The van der Waals surface area contributed by atoms with E-state index >= 15 is 0 Å². The van der Waals surface area contributed by atoms with Crippen LogP contribution in [0.4, 0.5) is 4.39 Å². The predicted octanol–water partition coefficient (Wildman–Crippen LogP) is 2.27. The third-order valence-corrected chi connectivity index (χ3v) is 3.01. The van der Waals surface area contributed by atoms with Gasteiger partial charge in [-0.05, 0) is 44.2 Å². The van der Waals surface area contributed by atoms with E-state index in [4.69, 9.17) is 9.15 Å². The topological polar surface area (TPSA) is 80.6 Å². The Bertz CT molecular complexity index is 695. The largest absolute Gasteiger partial charge is 0.493 e. The SMILES string of the molecule is Cc1cc(C(=O)NNC(=O)CCOc2ccc(F)cc2)c(C)o1. The van der Waals surface area contributed by atoms with E-state index < -0.39 is 11.8 Å². The van der Waals surface area contributed by atoms with E-state index in [-0.39, 0.29) is 18.8 Å². The molecule has 1 aromatic heterocycles. The van der Waals surface area contributed by atoms with Gasteiger partial charge in [0.1, 0.15) is 23.1 Å². The summed E-state index contributed by atoms with van der Waals surface area (Å²) in [4.78, 5) is 23.5. The number of carbonyl (C=O) groups is 2. The molecule has 0 saturated carbocycles. The molecule has 2 rings (SSSR count). The van der Waals surface area contributed by atoms with Crippen molar-refractivity contribution in [3.63, 3.8) is 0 Å². The van der Waals surface area contributed by atoms with Gasteiger partial charge in [0, 0.05) is 0 Å². The number of rotatable bonds is 5. The number of benzene rings is 1. The smallest absolute Gasteiger partial charge is 0.273 e. The molecule has 1 heterocycles. The van der Waals surface area contributed by atoms with Crippen LogP contribution in [0.25, 0.3) is 0 Å². The molecule has 0 aliphatic heterocycles. The minimum atomic E-state index is -0.452. The Labute approximate surface area is 132 Å². The lowest BCUT2D eigenvalue weighted by molar-refractivity contribution is -0.122. The zero-order valence-electron chi connectivity index (χ0n) is 12.8. The van der Waals surface area contributed by atoms with Crippen LogP contribution in [0.3, 0.4) is 0 Å². The van der Waals surface area contributed by atoms with Crippen LogP contribution in [0.15, 0.2) is 34.7 Å². The van der Waals surface area contributed by atoms with Gasteiger partial charge in [-0.2, -0.15) is 0 Å². The number of carbonyl (C=O) groups excluding carboxylic acids is 2. The van der Waals surface area contributed by atoms with E-state index in [2.05, 4.69) is 10.9 Å². The molecule has 0 radical (unpaired) electrons. The molecule has 0 bridgehead atoms. The Hall–Kier alpha value is -2.83. The highest BCUT2D eigenvalue weighted by molar-refractivity contribution is 5.96. The van der Waals surface area contributed by atoms with Crippen molar-refractivity contribution in [1.82, 2.24) is 10.9 Å². The van der Waals surface area contributed by atoms with Gasteiger partial charge in [-0.25, -0.2) is 4.39 Å². The first-order chi connectivity index (χ1) is 11.0. The molecule has 6 nitrogen and oxygen atoms in total. The van der Waals surface area contributed by atoms with Crippen molar-refractivity contribution in [2.24, 2.45) is 0 Å². The Balaban J connectivity index is 1.71. The van der Waals surface area contributed by atoms with Crippen LogP contribution in [-0.2, 0) is 4.79 Å². The Morgan fingerprint density at radius 2 is 1.87 bits per heavy atom. The normalized spacial score (nSPS) is 10.2. The maximum absolute atomic E-state index is 12.7. The van der Waals surface area contributed by atoms with E-state index in [1.807, 2.05) is 0 Å². The highest BCUT2D eigenvalue weighted by atomic mass is 19.1. The summed E-state index contributed by atoms with van der Waals surface area (Å²) in [6, 6.07) is 7.07. The molecule has 0 spiro atoms.